The maximum atomic E-state index is 11.6. The number of alkyl halides is 1. The molecule has 0 saturated carbocycles. The Labute approximate surface area is 74.3 Å². The van der Waals surface area contributed by atoms with Crippen LogP contribution in [0.2, 0.25) is 0 Å². The van der Waals surface area contributed by atoms with Crippen molar-refractivity contribution in [3.63, 3.8) is 0 Å². The first kappa shape index (κ1) is 9.20. The highest BCUT2D eigenvalue weighted by Crippen LogP contribution is 2.10. The summed E-state index contributed by atoms with van der Waals surface area (Å²) in [5.41, 5.74) is 0.578. The molecule has 13 heavy (non-hydrogen) atoms. The minimum Gasteiger partial charge on any atom is -0.258 e. The van der Waals surface area contributed by atoms with Gasteiger partial charge in [-0.3, -0.25) is 10.1 Å². The lowest BCUT2D eigenvalue weighted by molar-refractivity contribution is -0.384. The zero-order valence-corrected chi connectivity index (χ0v) is 6.66. The summed E-state index contributed by atoms with van der Waals surface area (Å²) < 4.78 is 11.6. The van der Waals surface area contributed by atoms with Gasteiger partial charge < -0.3 is 0 Å². The van der Waals surface area contributed by atoms with Gasteiger partial charge in [-0.1, -0.05) is 11.8 Å². The molecule has 0 amide bonds. The number of rotatable bonds is 1. The maximum absolute atomic E-state index is 11.6. The van der Waals surface area contributed by atoms with E-state index in [0.29, 0.717) is 5.56 Å². The number of hydrogen-bond acceptors (Lipinski definition) is 2. The number of halogens is 1. The summed E-state index contributed by atoms with van der Waals surface area (Å²) >= 11 is 0. The summed E-state index contributed by atoms with van der Waals surface area (Å²) in [6.45, 7) is -0.711. The molecule has 0 fully saturated rings. The topological polar surface area (TPSA) is 43.1 Å². The lowest BCUT2D eigenvalue weighted by atomic mass is 10.2. The quantitative estimate of drug-likeness (QED) is 0.375. The molecule has 0 bridgehead atoms. The molecule has 1 aromatic rings. The molecule has 0 atom stereocenters. The fraction of sp³-hybridized carbons (Fsp3) is 0.111. The summed E-state index contributed by atoms with van der Waals surface area (Å²) in [6, 6.07) is 5.64. The number of hydrogen-bond donors (Lipinski definition) is 0. The SMILES string of the molecule is O=[N+]([O-])c1ccc(C#CCF)cc1. The largest absolute Gasteiger partial charge is 0.269 e. The number of nitro benzene ring substituents is 1. The van der Waals surface area contributed by atoms with E-state index in [1.54, 1.807) is 0 Å². The molecule has 66 valence electrons. The van der Waals surface area contributed by atoms with E-state index in [-0.39, 0.29) is 5.69 Å². The first-order valence-electron chi connectivity index (χ1n) is 3.53. The van der Waals surface area contributed by atoms with Crippen molar-refractivity contribution in [2.75, 3.05) is 6.67 Å². The third-order valence-corrected chi connectivity index (χ3v) is 1.38. The normalized spacial score (nSPS) is 8.69. The molecule has 0 unspecified atom stereocenters. The van der Waals surface area contributed by atoms with Crippen molar-refractivity contribution in [1.29, 1.82) is 0 Å². The van der Waals surface area contributed by atoms with Crippen molar-refractivity contribution in [3.8, 4) is 11.8 Å². The lowest BCUT2D eigenvalue weighted by Crippen LogP contribution is -1.86. The second kappa shape index (κ2) is 4.21. The van der Waals surface area contributed by atoms with Crippen molar-refractivity contribution in [2.24, 2.45) is 0 Å². The van der Waals surface area contributed by atoms with Gasteiger partial charge in [-0.15, -0.1) is 0 Å². The molecule has 0 aliphatic heterocycles. The Morgan fingerprint density at radius 2 is 2.00 bits per heavy atom. The zero-order valence-electron chi connectivity index (χ0n) is 6.66. The van der Waals surface area contributed by atoms with E-state index < -0.39 is 11.6 Å². The van der Waals surface area contributed by atoms with Crippen LogP contribution in [0.3, 0.4) is 0 Å². The van der Waals surface area contributed by atoms with Crippen LogP contribution in [0.1, 0.15) is 5.56 Å². The van der Waals surface area contributed by atoms with Gasteiger partial charge in [0.25, 0.3) is 5.69 Å². The highest BCUT2D eigenvalue weighted by Gasteiger charge is 2.01. The van der Waals surface area contributed by atoms with E-state index in [0.717, 1.165) is 0 Å². The van der Waals surface area contributed by atoms with E-state index in [9.17, 15) is 14.5 Å². The van der Waals surface area contributed by atoms with E-state index in [4.69, 9.17) is 0 Å². The molecule has 0 heterocycles. The van der Waals surface area contributed by atoms with Crippen molar-refractivity contribution >= 4 is 5.69 Å². The average Bonchev–Trinajstić information content (AvgIpc) is 2.15. The van der Waals surface area contributed by atoms with Crippen LogP contribution in [0.4, 0.5) is 10.1 Å². The summed E-state index contributed by atoms with van der Waals surface area (Å²) in [7, 11) is 0. The van der Waals surface area contributed by atoms with Crippen LogP contribution in [-0.4, -0.2) is 11.6 Å². The standard InChI is InChI=1S/C9H6FNO2/c10-7-1-2-8-3-5-9(6-4-8)11(12)13/h3-6H,7H2. The molecular weight excluding hydrogens is 173 g/mol. The second-order valence-corrected chi connectivity index (χ2v) is 2.24. The third kappa shape index (κ3) is 2.56. The Kier molecular flexibility index (Phi) is 2.98. The van der Waals surface area contributed by atoms with Crippen molar-refractivity contribution in [3.05, 3.63) is 39.9 Å². The predicted molar refractivity (Wildman–Crippen MR) is 45.9 cm³/mol. The molecule has 0 aliphatic carbocycles. The second-order valence-electron chi connectivity index (χ2n) is 2.24. The molecule has 0 N–H and O–H groups in total. The van der Waals surface area contributed by atoms with Crippen LogP contribution >= 0.6 is 0 Å². The van der Waals surface area contributed by atoms with Crippen molar-refractivity contribution in [2.45, 2.75) is 0 Å². The van der Waals surface area contributed by atoms with Gasteiger partial charge in [-0.25, -0.2) is 4.39 Å². The molecule has 4 heteroatoms. The Balaban J connectivity index is 2.87. The summed E-state index contributed by atoms with van der Waals surface area (Å²) in [5, 5.41) is 10.2. The molecule has 0 aromatic heterocycles. The van der Waals surface area contributed by atoms with E-state index in [2.05, 4.69) is 11.8 Å². The first-order chi connectivity index (χ1) is 6.24. The Morgan fingerprint density at radius 3 is 2.46 bits per heavy atom. The predicted octanol–water partition coefficient (Wildman–Crippen LogP) is 1.92. The van der Waals surface area contributed by atoms with Crippen molar-refractivity contribution in [1.82, 2.24) is 0 Å². The van der Waals surface area contributed by atoms with Crippen LogP contribution < -0.4 is 0 Å². The highest BCUT2D eigenvalue weighted by molar-refractivity contribution is 5.40. The number of nitro groups is 1. The Bertz CT molecular complexity index is 361. The van der Waals surface area contributed by atoms with Gasteiger partial charge in [0, 0.05) is 17.7 Å². The zero-order chi connectivity index (χ0) is 9.68. The maximum Gasteiger partial charge on any atom is 0.269 e. The summed E-state index contributed by atoms with van der Waals surface area (Å²) in [4.78, 5) is 9.74. The van der Waals surface area contributed by atoms with Crippen LogP contribution in [0, 0.1) is 22.0 Å². The molecule has 1 rings (SSSR count). The van der Waals surface area contributed by atoms with Crippen LogP contribution in [-0.2, 0) is 0 Å². The van der Waals surface area contributed by atoms with E-state index in [1.165, 1.54) is 24.3 Å². The van der Waals surface area contributed by atoms with Gasteiger partial charge in [0.2, 0.25) is 0 Å². The van der Waals surface area contributed by atoms with Gasteiger partial charge in [-0.05, 0) is 12.1 Å². The molecular formula is C9H6FNO2. The monoisotopic (exact) mass is 179 g/mol. The van der Waals surface area contributed by atoms with Gasteiger partial charge in [0.15, 0.2) is 6.67 Å². The fourth-order valence-corrected chi connectivity index (χ4v) is 0.802. The van der Waals surface area contributed by atoms with Crippen LogP contribution in [0.5, 0.6) is 0 Å². The lowest BCUT2D eigenvalue weighted by Gasteiger charge is -1.90. The average molecular weight is 179 g/mol. The molecule has 3 nitrogen and oxygen atoms in total. The van der Waals surface area contributed by atoms with Gasteiger partial charge >= 0.3 is 0 Å². The van der Waals surface area contributed by atoms with Crippen molar-refractivity contribution < 1.29 is 9.31 Å². The van der Waals surface area contributed by atoms with Crippen LogP contribution in [0.25, 0.3) is 0 Å². The molecule has 0 aliphatic rings. The fourth-order valence-electron chi connectivity index (χ4n) is 0.802. The molecule has 1 aromatic carbocycles. The first-order valence-corrected chi connectivity index (χ1v) is 3.53. The van der Waals surface area contributed by atoms with Gasteiger partial charge in [-0.2, -0.15) is 0 Å². The van der Waals surface area contributed by atoms with E-state index >= 15 is 0 Å². The van der Waals surface area contributed by atoms with Gasteiger partial charge in [0.05, 0.1) is 4.92 Å². The summed E-state index contributed by atoms with van der Waals surface area (Å²) in [5.74, 6) is 4.74. The minimum absolute atomic E-state index is 0.00537. The number of benzene rings is 1. The van der Waals surface area contributed by atoms with Gasteiger partial charge in [0.1, 0.15) is 0 Å². The highest BCUT2D eigenvalue weighted by atomic mass is 19.1. The minimum atomic E-state index is -0.711. The number of non-ortho nitro benzene ring substituents is 1. The Hall–Kier alpha value is -1.89. The molecule has 0 radical (unpaired) electrons. The smallest absolute Gasteiger partial charge is 0.258 e. The molecule has 0 saturated heterocycles. The number of nitrogens with zero attached hydrogens (tertiary/aromatic N) is 1. The van der Waals surface area contributed by atoms with Crippen LogP contribution in [0.15, 0.2) is 24.3 Å². The van der Waals surface area contributed by atoms with E-state index in [1.807, 2.05) is 0 Å². The molecule has 0 spiro atoms. The third-order valence-electron chi connectivity index (χ3n) is 1.38. The summed E-state index contributed by atoms with van der Waals surface area (Å²) in [6.07, 6.45) is 0. The Morgan fingerprint density at radius 1 is 1.38 bits per heavy atom.